The lowest BCUT2D eigenvalue weighted by molar-refractivity contribution is 0.601. The topological polar surface area (TPSA) is 68.2 Å². The second-order valence-corrected chi connectivity index (χ2v) is 9.75. The van der Waals surface area contributed by atoms with Gasteiger partial charge in [0.1, 0.15) is 0 Å². The first-order valence-electron chi connectivity index (χ1n) is 8.80. The van der Waals surface area contributed by atoms with Crippen molar-refractivity contribution >= 4 is 48.9 Å². The number of aromatic nitrogens is 1. The average Bonchev–Trinajstić information content (AvgIpc) is 2.99. The lowest BCUT2D eigenvalue weighted by Crippen LogP contribution is -2.14. The molecule has 4 rings (SSSR count). The molecular formula is C21H17ClN2O3S2. The van der Waals surface area contributed by atoms with Crippen LogP contribution in [0.25, 0.3) is 10.2 Å². The Balaban J connectivity index is 1.69. The van der Waals surface area contributed by atoms with Crippen molar-refractivity contribution in [1.29, 1.82) is 0 Å². The van der Waals surface area contributed by atoms with Gasteiger partial charge in [-0.05, 0) is 54.4 Å². The molecule has 8 heteroatoms. The van der Waals surface area contributed by atoms with Gasteiger partial charge < -0.3 is 0 Å². The molecule has 5 nitrogen and oxygen atoms in total. The van der Waals surface area contributed by atoms with E-state index in [2.05, 4.69) is 4.72 Å². The predicted molar refractivity (Wildman–Crippen MR) is 119 cm³/mol. The third-order valence-electron chi connectivity index (χ3n) is 4.57. The molecule has 1 N–H and O–H groups in total. The van der Waals surface area contributed by atoms with E-state index in [1.807, 2.05) is 30.3 Å². The summed E-state index contributed by atoms with van der Waals surface area (Å²) in [6, 6.07) is 19.4. The van der Waals surface area contributed by atoms with Gasteiger partial charge in [0.05, 0.1) is 27.3 Å². The lowest BCUT2D eigenvalue weighted by atomic mass is 10.2. The van der Waals surface area contributed by atoms with E-state index in [0.717, 1.165) is 22.5 Å². The standard InChI is InChI=1S/C21H17ClN2O3S2/c1-14-11-16(22)7-9-18(14)23-29(26,27)17-8-10-19-20(12-17)28-21(25)24(19)13-15-5-3-2-4-6-15/h2-12,23H,13H2,1H3. The number of rotatable bonds is 5. The van der Waals surface area contributed by atoms with Crippen molar-refractivity contribution in [3.8, 4) is 0 Å². The Kier molecular flexibility index (Phi) is 5.21. The van der Waals surface area contributed by atoms with Crippen molar-refractivity contribution < 1.29 is 8.42 Å². The van der Waals surface area contributed by atoms with Gasteiger partial charge in [-0.2, -0.15) is 0 Å². The maximum absolute atomic E-state index is 12.8. The molecule has 0 saturated carbocycles. The molecule has 0 atom stereocenters. The monoisotopic (exact) mass is 444 g/mol. The number of nitrogens with one attached hydrogen (secondary N) is 1. The van der Waals surface area contributed by atoms with Gasteiger partial charge >= 0.3 is 4.87 Å². The minimum Gasteiger partial charge on any atom is -0.294 e. The third-order valence-corrected chi connectivity index (χ3v) is 7.11. The van der Waals surface area contributed by atoms with Crippen LogP contribution in [0.15, 0.2) is 76.4 Å². The summed E-state index contributed by atoms with van der Waals surface area (Å²) in [5.74, 6) is 0. The van der Waals surface area contributed by atoms with E-state index >= 15 is 0 Å². The van der Waals surface area contributed by atoms with Crippen LogP contribution in [-0.2, 0) is 16.6 Å². The average molecular weight is 445 g/mol. The summed E-state index contributed by atoms with van der Waals surface area (Å²) in [4.78, 5) is 12.5. The van der Waals surface area contributed by atoms with Crippen LogP contribution in [-0.4, -0.2) is 13.0 Å². The summed E-state index contributed by atoms with van der Waals surface area (Å²) < 4.78 is 30.6. The van der Waals surface area contributed by atoms with E-state index in [0.29, 0.717) is 27.5 Å². The number of hydrogen-bond acceptors (Lipinski definition) is 4. The van der Waals surface area contributed by atoms with E-state index in [4.69, 9.17) is 11.6 Å². The van der Waals surface area contributed by atoms with Crippen LogP contribution >= 0.6 is 22.9 Å². The van der Waals surface area contributed by atoms with Crippen molar-refractivity contribution in [1.82, 2.24) is 4.57 Å². The maximum Gasteiger partial charge on any atom is 0.308 e. The van der Waals surface area contributed by atoms with Gasteiger partial charge in [0.2, 0.25) is 0 Å². The molecule has 0 aliphatic rings. The molecule has 0 aliphatic carbocycles. The first-order valence-corrected chi connectivity index (χ1v) is 11.5. The normalized spacial score (nSPS) is 11.7. The molecule has 0 radical (unpaired) electrons. The summed E-state index contributed by atoms with van der Waals surface area (Å²) >= 11 is 6.98. The van der Waals surface area contributed by atoms with Crippen LogP contribution in [0.5, 0.6) is 0 Å². The maximum atomic E-state index is 12.8. The molecule has 0 aliphatic heterocycles. The molecule has 3 aromatic carbocycles. The van der Waals surface area contributed by atoms with E-state index in [-0.39, 0.29) is 9.77 Å². The number of fused-ring (bicyclic) bond motifs is 1. The Morgan fingerprint density at radius 2 is 1.79 bits per heavy atom. The summed E-state index contributed by atoms with van der Waals surface area (Å²) in [6.07, 6.45) is 0. The highest BCUT2D eigenvalue weighted by atomic mass is 35.5. The number of aryl methyl sites for hydroxylation is 1. The summed E-state index contributed by atoms with van der Waals surface area (Å²) in [6.45, 7) is 2.22. The van der Waals surface area contributed by atoms with Gasteiger partial charge in [-0.25, -0.2) is 8.42 Å². The first-order chi connectivity index (χ1) is 13.8. The predicted octanol–water partition coefficient (Wildman–Crippen LogP) is 4.87. The molecule has 0 spiro atoms. The van der Waals surface area contributed by atoms with Crippen molar-refractivity contribution in [2.75, 3.05) is 4.72 Å². The highest BCUT2D eigenvalue weighted by Crippen LogP contribution is 2.26. The molecule has 0 fully saturated rings. The number of thiazole rings is 1. The van der Waals surface area contributed by atoms with Crippen molar-refractivity contribution in [3.63, 3.8) is 0 Å². The molecule has 0 saturated heterocycles. The van der Waals surface area contributed by atoms with Crippen LogP contribution in [0.3, 0.4) is 0 Å². The molecule has 1 aromatic heterocycles. The summed E-state index contributed by atoms with van der Waals surface area (Å²) in [5.41, 5.74) is 2.90. The number of nitrogens with zero attached hydrogens (tertiary/aromatic N) is 1. The molecule has 4 aromatic rings. The molecule has 29 heavy (non-hydrogen) atoms. The second kappa shape index (κ2) is 7.67. The quantitative estimate of drug-likeness (QED) is 0.477. The van der Waals surface area contributed by atoms with Gasteiger partial charge in [0.25, 0.3) is 10.0 Å². The van der Waals surface area contributed by atoms with E-state index in [1.165, 1.54) is 12.1 Å². The largest absolute Gasteiger partial charge is 0.308 e. The van der Waals surface area contributed by atoms with Crippen LogP contribution in [0, 0.1) is 6.92 Å². The Morgan fingerprint density at radius 1 is 1.03 bits per heavy atom. The number of anilines is 1. The second-order valence-electron chi connectivity index (χ2n) is 6.63. The molecule has 148 valence electrons. The van der Waals surface area contributed by atoms with Gasteiger partial charge in [-0.3, -0.25) is 14.1 Å². The van der Waals surface area contributed by atoms with E-state index in [1.54, 1.807) is 35.8 Å². The minimum atomic E-state index is -3.80. The number of sulfonamides is 1. The van der Waals surface area contributed by atoms with Crippen LogP contribution < -0.4 is 9.60 Å². The zero-order valence-electron chi connectivity index (χ0n) is 15.4. The van der Waals surface area contributed by atoms with E-state index < -0.39 is 10.0 Å². The molecule has 0 amide bonds. The van der Waals surface area contributed by atoms with Crippen LogP contribution in [0.2, 0.25) is 5.02 Å². The van der Waals surface area contributed by atoms with Gasteiger partial charge in [0.15, 0.2) is 0 Å². The summed E-state index contributed by atoms with van der Waals surface area (Å²) in [7, 11) is -3.80. The van der Waals surface area contributed by atoms with Gasteiger partial charge in [0, 0.05) is 5.02 Å². The Labute approximate surface area is 177 Å². The lowest BCUT2D eigenvalue weighted by Gasteiger charge is -2.11. The fraction of sp³-hybridized carbons (Fsp3) is 0.0952. The SMILES string of the molecule is Cc1cc(Cl)ccc1NS(=O)(=O)c1ccc2c(c1)sc(=O)n2Cc1ccccc1. The highest BCUT2D eigenvalue weighted by Gasteiger charge is 2.18. The Hall–Kier alpha value is -2.61. The Morgan fingerprint density at radius 3 is 2.52 bits per heavy atom. The number of hydrogen-bond donors (Lipinski definition) is 1. The molecule has 1 heterocycles. The van der Waals surface area contributed by atoms with Crippen LogP contribution in [0.4, 0.5) is 5.69 Å². The van der Waals surface area contributed by atoms with Gasteiger partial charge in [-0.15, -0.1) is 0 Å². The first kappa shape index (κ1) is 19.7. The zero-order chi connectivity index (χ0) is 20.6. The smallest absolute Gasteiger partial charge is 0.294 e. The Bertz CT molecular complexity index is 1360. The number of benzene rings is 3. The van der Waals surface area contributed by atoms with Crippen molar-refractivity contribution in [2.24, 2.45) is 0 Å². The fourth-order valence-electron chi connectivity index (χ4n) is 3.07. The number of halogens is 1. The van der Waals surface area contributed by atoms with E-state index in [9.17, 15) is 13.2 Å². The third kappa shape index (κ3) is 4.07. The minimum absolute atomic E-state index is 0.104. The van der Waals surface area contributed by atoms with Gasteiger partial charge in [-0.1, -0.05) is 53.3 Å². The zero-order valence-corrected chi connectivity index (χ0v) is 17.8. The van der Waals surface area contributed by atoms with Crippen LogP contribution in [0.1, 0.15) is 11.1 Å². The molecule has 0 bridgehead atoms. The van der Waals surface area contributed by atoms with Crippen molar-refractivity contribution in [3.05, 3.63) is 92.5 Å². The molecular weight excluding hydrogens is 428 g/mol. The van der Waals surface area contributed by atoms with Crippen molar-refractivity contribution in [2.45, 2.75) is 18.4 Å². The molecule has 0 unspecified atom stereocenters. The summed E-state index contributed by atoms with van der Waals surface area (Å²) in [5, 5.41) is 0.538. The fourth-order valence-corrected chi connectivity index (χ4v) is 5.46. The highest BCUT2D eigenvalue weighted by molar-refractivity contribution is 7.92.